The van der Waals surface area contributed by atoms with Gasteiger partial charge < -0.3 is 15.1 Å². The molecule has 1 fully saturated rings. The van der Waals surface area contributed by atoms with Crippen LogP contribution < -0.4 is 10.2 Å². The number of nitrogens with one attached hydrogen (secondary N) is 1. The Morgan fingerprint density at radius 1 is 1.17 bits per heavy atom. The second-order valence-electron chi connectivity index (χ2n) is 8.31. The minimum Gasteiger partial charge on any atom is -0.354 e. The highest BCUT2D eigenvalue weighted by Gasteiger charge is 2.37. The second-order valence-corrected chi connectivity index (χ2v) is 8.31. The maximum absolute atomic E-state index is 12.9. The van der Waals surface area contributed by atoms with Crippen LogP contribution in [0.2, 0.25) is 0 Å². The third kappa shape index (κ3) is 3.54. The van der Waals surface area contributed by atoms with E-state index in [2.05, 4.69) is 27.4 Å². The Balaban J connectivity index is 1.28. The van der Waals surface area contributed by atoms with E-state index >= 15 is 0 Å². The molecule has 0 atom stereocenters. The number of rotatable bonds is 5. The highest BCUT2D eigenvalue weighted by Crippen LogP contribution is 2.32. The minimum absolute atomic E-state index is 0.0455. The van der Waals surface area contributed by atoms with Crippen molar-refractivity contribution in [3.63, 3.8) is 0 Å². The van der Waals surface area contributed by atoms with Crippen molar-refractivity contribution in [2.75, 3.05) is 44.7 Å². The molecule has 7 heteroatoms. The summed E-state index contributed by atoms with van der Waals surface area (Å²) in [4.78, 5) is 22.0. The molecule has 2 aliphatic heterocycles. The SMILES string of the molecule is CN(CCc1ccccc1)C(=O)C1CN(c2c3c(nc4ccnn24)CCNCC3)C1. The first-order valence-electron chi connectivity index (χ1n) is 10.8. The fourth-order valence-electron chi connectivity index (χ4n) is 4.51. The summed E-state index contributed by atoms with van der Waals surface area (Å²) >= 11 is 0. The average Bonchev–Trinajstić information content (AvgIpc) is 3.07. The van der Waals surface area contributed by atoms with Crippen LogP contribution in [0, 0.1) is 5.92 Å². The van der Waals surface area contributed by atoms with Gasteiger partial charge >= 0.3 is 0 Å². The van der Waals surface area contributed by atoms with E-state index in [9.17, 15) is 4.79 Å². The number of fused-ring (bicyclic) bond motifs is 2. The molecule has 5 rings (SSSR count). The van der Waals surface area contributed by atoms with Crippen LogP contribution in [0.4, 0.5) is 5.82 Å². The van der Waals surface area contributed by atoms with Crippen LogP contribution in [0.15, 0.2) is 42.6 Å². The predicted molar refractivity (Wildman–Crippen MR) is 117 cm³/mol. The molecule has 30 heavy (non-hydrogen) atoms. The van der Waals surface area contributed by atoms with Gasteiger partial charge in [-0.25, -0.2) is 4.98 Å². The number of carbonyl (C=O) groups excluding carboxylic acids is 1. The Hall–Kier alpha value is -2.93. The lowest BCUT2D eigenvalue weighted by atomic mass is 9.96. The van der Waals surface area contributed by atoms with Gasteiger partial charge in [0.1, 0.15) is 5.82 Å². The monoisotopic (exact) mass is 404 g/mol. The van der Waals surface area contributed by atoms with Crippen LogP contribution in [0.25, 0.3) is 5.65 Å². The van der Waals surface area contributed by atoms with Gasteiger partial charge in [-0.15, -0.1) is 0 Å². The van der Waals surface area contributed by atoms with E-state index in [-0.39, 0.29) is 11.8 Å². The molecule has 156 valence electrons. The summed E-state index contributed by atoms with van der Waals surface area (Å²) in [6.45, 7) is 4.14. The highest BCUT2D eigenvalue weighted by molar-refractivity contribution is 5.82. The van der Waals surface area contributed by atoms with Gasteiger partial charge in [-0.2, -0.15) is 9.61 Å². The van der Waals surface area contributed by atoms with Crippen LogP contribution >= 0.6 is 0 Å². The zero-order chi connectivity index (χ0) is 20.5. The molecule has 0 spiro atoms. The van der Waals surface area contributed by atoms with Gasteiger partial charge in [-0.3, -0.25) is 4.79 Å². The number of hydrogen-bond donors (Lipinski definition) is 1. The van der Waals surface area contributed by atoms with Gasteiger partial charge in [0.15, 0.2) is 5.65 Å². The maximum atomic E-state index is 12.9. The Kier molecular flexibility index (Phi) is 5.12. The molecule has 1 aromatic carbocycles. The summed E-state index contributed by atoms with van der Waals surface area (Å²) in [6.07, 6.45) is 4.57. The lowest BCUT2D eigenvalue weighted by Crippen LogP contribution is -2.55. The number of benzene rings is 1. The molecule has 0 unspecified atom stereocenters. The second kappa shape index (κ2) is 8.07. The van der Waals surface area contributed by atoms with E-state index in [1.807, 2.05) is 46.9 Å². The van der Waals surface area contributed by atoms with Crippen molar-refractivity contribution in [1.29, 1.82) is 0 Å². The van der Waals surface area contributed by atoms with Crippen molar-refractivity contribution in [3.8, 4) is 0 Å². The van der Waals surface area contributed by atoms with Crippen molar-refractivity contribution in [2.24, 2.45) is 5.92 Å². The van der Waals surface area contributed by atoms with Gasteiger partial charge in [0.05, 0.1) is 17.8 Å². The molecule has 1 N–H and O–H groups in total. The average molecular weight is 405 g/mol. The smallest absolute Gasteiger partial charge is 0.229 e. The van der Waals surface area contributed by atoms with E-state index in [0.717, 1.165) is 69.1 Å². The van der Waals surface area contributed by atoms with E-state index in [1.165, 1.54) is 11.1 Å². The lowest BCUT2D eigenvalue weighted by Gasteiger charge is -2.42. The molecule has 1 amide bonds. The summed E-state index contributed by atoms with van der Waals surface area (Å²) in [5, 5.41) is 7.99. The molecule has 0 saturated carbocycles. The van der Waals surface area contributed by atoms with Crippen LogP contribution in [-0.2, 0) is 24.1 Å². The summed E-state index contributed by atoms with van der Waals surface area (Å²) < 4.78 is 1.95. The molecule has 0 radical (unpaired) electrons. The Bertz CT molecular complexity index is 1040. The largest absolute Gasteiger partial charge is 0.354 e. The molecule has 2 aromatic heterocycles. The quantitative estimate of drug-likeness (QED) is 0.699. The summed E-state index contributed by atoms with van der Waals surface area (Å²) in [5.74, 6) is 1.41. The van der Waals surface area contributed by atoms with Gasteiger partial charge in [-0.05, 0) is 24.9 Å². The van der Waals surface area contributed by atoms with E-state index in [0.29, 0.717) is 0 Å². The van der Waals surface area contributed by atoms with Crippen LogP contribution in [0.1, 0.15) is 16.8 Å². The molecular weight excluding hydrogens is 376 g/mol. The molecule has 1 saturated heterocycles. The van der Waals surface area contributed by atoms with Crippen LogP contribution in [0.5, 0.6) is 0 Å². The summed E-state index contributed by atoms with van der Waals surface area (Å²) in [7, 11) is 1.92. The number of likely N-dealkylation sites (N-methyl/N-ethyl adjacent to an activating group) is 1. The first kappa shape index (κ1) is 19.1. The van der Waals surface area contributed by atoms with Crippen molar-refractivity contribution >= 4 is 17.4 Å². The first-order chi connectivity index (χ1) is 14.7. The van der Waals surface area contributed by atoms with Crippen LogP contribution in [-0.4, -0.2) is 65.2 Å². The summed E-state index contributed by atoms with van der Waals surface area (Å²) in [5.41, 5.74) is 4.60. The third-order valence-corrected chi connectivity index (χ3v) is 6.27. The normalized spacial score (nSPS) is 16.8. The maximum Gasteiger partial charge on any atom is 0.229 e. The van der Waals surface area contributed by atoms with E-state index < -0.39 is 0 Å². The van der Waals surface area contributed by atoms with Crippen molar-refractivity contribution in [3.05, 3.63) is 59.4 Å². The Morgan fingerprint density at radius 3 is 2.80 bits per heavy atom. The number of anilines is 1. The van der Waals surface area contributed by atoms with Gasteiger partial charge in [-0.1, -0.05) is 30.3 Å². The molecule has 0 aliphatic carbocycles. The number of aromatic nitrogens is 3. The predicted octanol–water partition coefficient (Wildman–Crippen LogP) is 1.55. The number of nitrogens with zero attached hydrogens (tertiary/aromatic N) is 5. The fourth-order valence-corrected chi connectivity index (χ4v) is 4.51. The lowest BCUT2D eigenvalue weighted by molar-refractivity contribution is -0.134. The number of amides is 1. The molecule has 3 aromatic rings. The number of carbonyl (C=O) groups is 1. The van der Waals surface area contributed by atoms with Crippen molar-refractivity contribution < 1.29 is 4.79 Å². The topological polar surface area (TPSA) is 65.8 Å². The van der Waals surface area contributed by atoms with E-state index in [1.54, 1.807) is 0 Å². The van der Waals surface area contributed by atoms with Gasteiger partial charge in [0.25, 0.3) is 0 Å². The fraction of sp³-hybridized carbons (Fsp3) is 0.435. The molecule has 7 nitrogen and oxygen atoms in total. The molecular formula is C23H28N6O. The van der Waals surface area contributed by atoms with Crippen molar-refractivity contribution in [2.45, 2.75) is 19.3 Å². The molecule has 0 bridgehead atoms. The molecule has 2 aliphatic rings. The highest BCUT2D eigenvalue weighted by atomic mass is 16.2. The zero-order valence-electron chi connectivity index (χ0n) is 17.4. The first-order valence-corrected chi connectivity index (χ1v) is 10.8. The summed E-state index contributed by atoms with van der Waals surface area (Å²) in [6, 6.07) is 12.3. The number of hydrogen-bond acceptors (Lipinski definition) is 5. The van der Waals surface area contributed by atoms with Crippen LogP contribution in [0.3, 0.4) is 0 Å². The van der Waals surface area contributed by atoms with Gasteiger partial charge in [0.2, 0.25) is 5.91 Å². The minimum atomic E-state index is 0.0455. The van der Waals surface area contributed by atoms with Crippen molar-refractivity contribution in [1.82, 2.24) is 24.8 Å². The Morgan fingerprint density at radius 2 is 1.97 bits per heavy atom. The third-order valence-electron chi connectivity index (χ3n) is 6.27. The molecule has 4 heterocycles. The van der Waals surface area contributed by atoms with Gasteiger partial charge in [0, 0.05) is 51.3 Å². The zero-order valence-corrected chi connectivity index (χ0v) is 17.4. The van der Waals surface area contributed by atoms with E-state index in [4.69, 9.17) is 4.98 Å². The Labute approximate surface area is 176 Å². The standard InChI is InChI=1S/C23H28N6O/c1-27(14-10-17-5-3-2-4-6-17)23(30)18-15-28(16-18)22-19-7-11-24-12-8-20(19)26-21-9-13-25-29(21)22/h2-6,9,13,18,24H,7-8,10-12,14-16H2,1H3.